The van der Waals surface area contributed by atoms with E-state index in [0.29, 0.717) is 23.2 Å². The molecule has 0 aliphatic carbocycles. The molecule has 0 saturated heterocycles. The number of benzene rings is 2. The number of thiocarbonyl (C=S) groups is 1. The Morgan fingerprint density at radius 1 is 1.08 bits per heavy atom. The fourth-order valence-electron chi connectivity index (χ4n) is 2.24. The minimum Gasteiger partial charge on any atom is -0.493 e. The molecule has 0 radical (unpaired) electrons. The highest BCUT2D eigenvalue weighted by Crippen LogP contribution is 2.29. The molecule has 0 saturated carbocycles. The molecule has 0 aliphatic heterocycles. The fourth-order valence-corrected chi connectivity index (χ4v) is 2.49. The first-order valence-corrected chi connectivity index (χ1v) is 7.95. The van der Waals surface area contributed by atoms with Crippen LogP contribution < -0.4 is 20.1 Å². The molecule has 128 valence electrons. The Balaban J connectivity index is 1.92. The van der Waals surface area contributed by atoms with Gasteiger partial charge in [0, 0.05) is 6.54 Å². The number of nitrogens with one attached hydrogen (secondary N) is 2. The highest BCUT2D eigenvalue weighted by Gasteiger charge is 2.11. The standard InChI is InChI=1S/C18H21FN2O2S/c1-12(14-6-9-16(22-2)17(10-14)23-3)21-18(24)20-11-13-4-7-15(19)8-5-13/h4-10,12H,11H2,1-3H3,(H2,20,21,24)/t12-/m1/s1. The summed E-state index contributed by atoms with van der Waals surface area (Å²) < 4.78 is 23.4. The summed E-state index contributed by atoms with van der Waals surface area (Å²) in [5.41, 5.74) is 1.98. The van der Waals surface area contributed by atoms with Gasteiger partial charge in [-0.3, -0.25) is 0 Å². The van der Waals surface area contributed by atoms with Gasteiger partial charge in [-0.15, -0.1) is 0 Å². The lowest BCUT2D eigenvalue weighted by Crippen LogP contribution is -2.36. The van der Waals surface area contributed by atoms with Gasteiger partial charge in [-0.1, -0.05) is 18.2 Å². The van der Waals surface area contributed by atoms with Gasteiger partial charge in [0.15, 0.2) is 16.6 Å². The monoisotopic (exact) mass is 348 g/mol. The molecule has 2 rings (SSSR count). The Morgan fingerprint density at radius 3 is 2.38 bits per heavy atom. The number of methoxy groups -OCH3 is 2. The summed E-state index contributed by atoms with van der Waals surface area (Å²) in [6.45, 7) is 2.54. The second-order valence-electron chi connectivity index (χ2n) is 5.29. The van der Waals surface area contributed by atoms with Gasteiger partial charge in [-0.2, -0.15) is 0 Å². The van der Waals surface area contributed by atoms with Crippen LogP contribution in [0.15, 0.2) is 42.5 Å². The van der Waals surface area contributed by atoms with Crippen LogP contribution in [-0.2, 0) is 6.54 Å². The molecule has 4 nitrogen and oxygen atoms in total. The Hall–Kier alpha value is -2.34. The predicted octanol–water partition coefficient (Wildman–Crippen LogP) is 3.57. The van der Waals surface area contributed by atoms with Crippen LogP contribution in [0.25, 0.3) is 0 Å². The van der Waals surface area contributed by atoms with Crippen molar-refractivity contribution in [2.45, 2.75) is 19.5 Å². The van der Waals surface area contributed by atoms with Crippen LogP contribution in [-0.4, -0.2) is 19.3 Å². The van der Waals surface area contributed by atoms with Crippen LogP contribution in [0.2, 0.25) is 0 Å². The van der Waals surface area contributed by atoms with E-state index < -0.39 is 0 Å². The predicted molar refractivity (Wildman–Crippen MR) is 96.9 cm³/mol. The maximum Gasteiger partial charge on any atom is 0.167 e. The Bertz CT molecular complexity index is 692. The van der Waals surface area contributed by atoms with Crippen LogP contribution >= 0.6 is 12.2 Å². The largest absolute Gasteiger partial charge is 0.493 e. The van der Waals surface area contributed by atoms with Crippen molar-refractivity contribution in [3.05, 3.63) is 59.4 Å². The van der Waals surface area contributed by atoms with Crippen LogP contribution in [0, 0.1) is 5.82 Å². The highest BCUT2D eigenvalue weighted by molar-refractivity contribution is 7.80. The van der Waals surface area contributed by atoms with E-state index in [4.69, 9.17) is 21.7 Å². The van der Waals surface area contributed by atoms with Crippen molar-refractivity contribution < 1.29 is 13.9 Å². The molecule has 0 amide bonds. The summed E-state index contributed by atoms with van der Waals surface area (Å²) in [6, 6.07) is 12.0. The van der Waals surface area contributed by atoms with Gasteiger partial charge in [0.2, 0.25) is 0 Å². The molecule has 0 heterocycles. The lowest BCUT2D eigenvalue weighted by atomic mass is 10.1. The van der Waals surface area contributed by atoms with E-state index >= 15 is 0 Å². The van der Waals surface area contributed by atoms with Gasteiger partial charge in [-0.25, -0.2) is 4.39 Å². The molecule has 2 aromatic carbocycles. The van der Waals surface area contributed by atoms with Gasteiger partial charge in [-0.05, 0) is 54.5 Å². The van der Waals surface area contributed by atoms with Crippen molar-refractivity contribution in [1.29, 1.82) is 0 Å². The quantitative estimate of drug-likeness (QED) is 0.781. The second-order valence-corrected chi connectivity index (χ2v) is 5.70. The van der Waals surface area contributed by atoms with E-state index in [9.17, 15) is 4.39 Å². The van der Waals surface area contributed by atoms with E-state index in [1.807, 2.05) is 25.1 Å². The van der Waals surface area contributed by atoms with Crippen molar-refractivity contribution in [1.82, 2.24) is 10.6 Å². The van der Waals surface area contributed by atoms with Gasteiger partial charge in [0.05, 0.1) is 20.3 Å². The molecule has 0 unspecified atom stereocenters. The zero-order chi connectivity index (χ0) is 17.5. The van der Waals surface area contributed by atoms with Gasteiger partial charge >= 0.3 is 0 Å². The molecular formula is C18H21FN2O2S. The third kappa shape index (κ3) is 4.83. The van der Waals surface area contributed by atoms with E-state index in [-0.39, 0.29) is 11.9 Å². The fraction of sp³-hybridized carbons (Fsp3) is 0.278. The molecule has 1 atom stereocenters. The first-order chi connectivity index (χ1) is 11.5. The Morgan fingerprint density at radius 2 is 1.75 bits per heavy atom. The van der Waals surface area contributed by atoms with Crippen LogP contribution in [0.3, 0.4) is 0 Å². The smallest absolute Gasteiger partial charge is 0.167 e. The molecular weight excluding hydrogens is 327 g/mol. The van der Waals surface area contributed by atoms with E-state index in [1.54, 1.807) is 26.4 Å². The maximum atomic E-state index is 12.9. The maximum absolute atomic E-state index is 12.9. The van der Waals surface area contributed by atoms with Gasteiger partial charge in [0.25, 0.3) is 0 Å². The number of rotatable bonds is 6. The van der Waals surface area contributed by atoms with E-state index in [2.05, 4.69) is 10.6 Å². The molecule has 2 N–H and O–H groups in total. The van der Waals surface area contributed by atoms with Crippen molar-refractivity contribution in [3.8, 4) is 11.5 Å². The minimum atomic E-state index is -0.249. The lowest BCUT2D eigenvalue weighted by Gasteiger charge is -2.19. The first kappa shape index (κ1) is 18.0. The third-order valence-corrected chi connectivity index (χ3v) is 3.88. The average Bonchev–Trinajstić information content (AvgIpc) is 2.60. The van der Waals surface area contributed by atoms with Crippen LogP contribution in [0.1, 0.15) is 24.1 Å². The van der Waals surface area contributed by atoms with Gasteiger partial charge < -0.3 is 20.1 Å². The topological polar surface area (TPSA) is 42.5 Å². The number of halogens is 1. The summed E-state index contributed by atoms with van der Waals surface area (Å²) in [6.07, 6.45) is 0. The number of hydrogen-bond donors (Lipinski definition) is 2. The van der Waals surface area contributed by atoms with Crippen molar-refractivity contribution in [2.24, 2.45) is 0 Å². The van der Waals surface area contributed by atoms with Crippen molar-refractivity contribution >= 4 is 17.3 Å². The minimum absolute atomic E-state index is 0.00183. The molecule has 24 heavy (non-hydrogen) atoms. The first-order valence-electron chi connectivity index (χ1n) is 7.54. The summed E-state index contributed by atoms with van der Waals surface area (Å²) in [5, 5.41) is 6.86. The molecule has 2 aromatic rings. The zero-order valence-corrected chi connectivity index (χ0v) is 14.7. The summed E-state index contributed by atoms with van der Waals surface area (Å²) in [4.78, 5) is 0. The molecule has 0 fully saturated rings. The Labute approximate surface area is 147 Å². The number of ether oxygens (including phenoxy) is 2. The van der Waals surface area contributed by atoms with Crippen molar-refractivity contribution in [3.63, 3.8) is 0 Å². The Kier molecular flexibility index (Phi) is 6.37. The van der Waals surface area contributed by atoms with E-state index in [1.165, 1.54) is 12.1 Å². The van der Waals surface area contributed by atoms with Crippen molar-refractivity contribution in [2.75, 3.05) is 14.2 Å². The normalized spacial score (nSPS) is 11.5. The molecule has 6 heteroatoms. The van der Waals surface area contributed by atoms with Crippen LogP contribution in [0.4, 0.5) is 4.39 Å². The summed E-state index contributed by atoms with van der Waals surface area (Å²) >= 11 is 5.31. The zero-order valence-electron chi connectivity index (χ0n) is 13.9. The SMILES string of the molecule is COc1ccc([C@@H](C)NC(=S)NCc2ccc(F)cc2)cc1OC. The molecule has 0 spiro atoms. The van der Waals surface area contributed by atoms with Crippen LogP contribution in [0.5, 0.6) is 11.5 Å². The van der Waals surface area contributed by atoms with E-state index in [0.717, 1.165) is 11.1 Å². The summed E-state index contributed by atoms with van der Waals surface area (Å²) in [5.74, 6) is 1.11. The molecule has 0 aliphatic rings. The molecule has 0 aromatic heterocycles. The van der Waals surface area contributed by atoms with Gasteiger partial charge in [0.1, 0.15) is 5.82 Å². The third-order valence-electron chi connectivity index (χ3n) is 3.62. The lowest BCUT2D eigenvalue weighted by molar-refractivity contribution is 0.354. The summed E-state index contributed by atoms with van der Waals surface area (Å²) in [7, 11) is 3.21. The number of hydrogen-bond acceptors (Lipinski definition) is 3. The second kappa shape index (κ2) is 8.49. The average molecular weight is 348 g/mol. The highest BCUT2D eigenvalue weighted by atomic mass is 32.1. The molecule has 0 bridgehead atoms.